The number of piperidine rings is 1. The maximum Gasteiger partial charge on any atom is 0.395 e. The van der Waals surface area contributed by atoms with Crippen molar-refractivity contribution in [1.29, 1.82) is 0 Å². The number of alkyl halides is 3. The van der Waals surface area contributed by atoms with Gasteiger partial charge in [0, 0.05) is 29.7 Å². The summed E-state index contributed by atoms with van der Waals surface area (Å²) in [4.78, 5) is 6.35. The lowest BCUT2D eigenvalue weighted by Gasteiger charge is -2.36. The summed E-state index contributed by atoms with van der Waals surface area (Å²) < 4.78 is 72.1. The van der Waals surface area contributed by atoms with Gasteiger partial charge in [-0.3, -0.25) is 4.98 Å². The fraction of sp³-hybridized carbons (Fsp3) is 0.560. The monoisotopic (exact) mass is 496 g/mol. The van der Waals surface area contributed by atoms with E-state index in [1.807, 2.05) is 11.0 Å². The van der Waals surface area contributed by atoms with Crippen LogP contribution in [0.3, 0.4) is 0 Å². The van der Waals surface area contributed by atoms with Crippen molar-refractivity contribution < 1.29 is 26.9 Å². The SMILES string of the molecule is C[S+]([O-])Cc1ccc(-c2cc3c(cn2)OC(C2CCN(CC4(C(F)(F)F)CC4)CC2)C3)c(F)c1. The summed E-state index contributed by atoms with van der Waals surface area (Å²) in [6.07, 6.45) is 1.87. The Balaban J connectivity index is 1.20. The van der Waals surface area contributed by atoms with Gasteiger partial charge in [0.2, 0.25) is 0 Å². The number of hydrogen-bond donors (Lipinski definition) is 0. The number of nitrogens with zero attached hydrogens (tertiary/aromatic N) is 2. The Morgan fingerprint density at radius 3 is 2.56 bits per heavy atom. The van der Waals surface area contributed by atoms with Gasteiger partial charge in [0.05, 0.1) is 23.6 Å². The third-order valence-electron chi connectivity index (χ3n) is 7.47. The van der Waals surface area contributed by atoms with Crippen LogP contribution < -0.4 is 4.74 Å². The normalized spacial score (nSPS) is 23.4. The Labute approximate surface area is 199 Å². The maximum absolute atomic E-state index is 14.7. The van der Waals surface area contributed by atoms with Gasteiger partial charge in [0.15, 0.2) is 0 Å². The minimum absolute atomic E-state index is 0.0292. The molecule has 1 aliphatic carbocycles. The van der Waals surface area contributed by atoms with Crippen molar-refractivity contribution in [3.05, 3.63) is 47.4 Å². The van der Waals surface area contributed by atoms with E-state index in [9.17, 15) is 22.1 Å². The average Bonchev–Trinajstić information content (AvgIpc) is 3.44. The van der Waals surface area contributed by atoms with Gasteiger partial charge >= 0.3 is 6.18 Å². The standard InChI is InChI=1S/C25H28F4N2O2S/c1-34(32)14-16-2-3-19(20(26)10-16)21-11-18-12-22(33-23(18)13-30-21)17-4-8-31(9-5-17)15-24(6-7-24)25(27,28)29/h2-3,10-11,13,17,22H,4-9,12,14-15H2,1H3. The topological polar surface area (TPSA) is 48.4 Å². The first-order valence-corrected chi connectivity index (χ1v) is 13.4. The molecule has 184 valence electrons. The predicted molar refractivity (Wildman–Crippen MR) is 122 cm³/mol. The summed E-state index contributed by atoms with van der Waals surface area (Å²) >= 11 is -1.04. The van der Waals surface area contributed by atoms with E-state index < -0.39 is 28.6 Å². The minimum Gasteiger partial charge on any atom is -0.616 e. The van der Waals surface area contributed by atoms with Crippen LogP contribution in [0.4, 0.5) is 17.6 Å². The molecule has 0 bridgehead atoms. The number of halogens is 4. The van der Waals surface area contributed by atoms with Crippen LogP contribution >= 0.6 is 0 Å². The zero-order valence-electron chi connectivity index (χ0n) is 19.0. The maximum atomic E-state index is 14.7. The fourth-order valence-corrected chi connectivity index (χ4v) is 5.91. The average molecular weight is 497 g/mol. The van der Waals surface area contributed by atoms with Crippen molar-refractivity contribution in [2.24, 2.45) is 11.3 Å². The third-order valence-corrected chi connectivity index (χ3v) is 8.21. The Kier molecular flexibility index (Phi) is 6.31. The zero-order valence-corrected chi connectivity index (χ0v) is 19.9. The van der Waals surface area contributed by atoms with Gasteiger partial charge in [-0.05, 0) is 62.9 Å². The summed E-state index contributed by atoms with van der Waals surface area (Å²) in [5, 5.41) is 0. The molecule has 3 heterocycles. The second kappa shape index (κ2) is 8.99. The van der Waals surface area contributed by atoms with Crippen molar-refractivity contribution in [2.75, 3.05) is 25.9 Å². The molecule has 2 atom stereocenters. The van der Waals surface area contributed by atoms with Crippen LogP contribution in [-0.4, -0.2) is 52.6 Å². The van der Waals surface area contributed by atoms with Gasteiger partial charge in [-0.1, -0.05) is 17.2 Å². The molecule has 2 aliphatic heterocycles. The van der Waals surface area contributed by atoms with E-state index >= 15 is 0 Å². The van der Waals surface area contributed by atoms with E-state index in [4.69, 9.17) is 4.74 Å². The molecule has 0 spiro atoms. The molecule has 0 radical (unpaired) electrons. The highest BCUT2D eigenvalue weighted by Crippen LogP contribution is 2.58. The number of likely N-dealkylation sites (tertiary alicyclic amines) is 1. The molecular weight excluding hydrogens is 468 g/mol. The quantitative estimate of drug-likeness (QED) is 0.411. The molecule has 0 amide bonds. The fourth-order valence-electron chi connectivity index (χ4n) is 5.27. The Morgan fingerprint density at radius 1 is 1.21 bits per heavy atom. The molecular formula is C25H28F4N2O2S. The lowest BCUT2D eigenvalue weighted by molar-refractivity contribution is -0.192. The number of pyridine rings is 1. The van der Waals surface area contributed by atoms with Crippen LogP contribution in [0.25, 0.3) is 11.3 Å². The molecule has 34 heavy (non-hydrogen) atoms. The molecule has 9 heteroatoms. The van der Waals surface area contributed by atoms with E-state index in [0.29, 0.717) is 47.8 Å². The molecule has 0 N–H and O–H groups in total. The highest BCUT2D eigenvalue weighted by Gasteiger charge is 2.63. The molecule has 4 nitrogen and oxygen atoms in total. The number of ether oxygens (including phenoxy) is 1. The van der Waals surface area contributed by atoms with E-state index in [2.05, 4.69) is 4.98 Å². The van der Waals surface area contributed by atoms with Crippen molar-refractivity contribution in [3.63, 3.8) is 0 Å². The second-order valence-electron chi connectivity index (χ2n) is 9.96. The largest absolute Gasteiger partial charge is 0.616 e. The molecule has 2 aromatic rings. The summed E-state index contributed by atoms with van der Waals surface area (Å²) in [6, 6.07) is 6.71. The first-order chi connectivity index (χ1) is 16.1. The molecule has 1 aromatic carbocycles. The summed E-state index contributed by atoms with van der Waals surface area (Å²) in [5.74, 6) is 0.883. The molecule has 1 saturated heterocycles. The molecule has 1 aromatic heterocycles. The van der Waals surface area contributed by atoms with Crippen LogP contribution in [0.15, 0.2) is 30.5 Å². The molecule has 2 fully saturated rings. The number of rotatable bonds is 6. The van der Waals surface area contributed by atoms with Crippen LogP contribution in [0.1, 0.15) is 36.8 Å². The van der Waals surface area contributed by atoms with E-state index in [1.165, 1.54) is 6.07 Å². The van der Waals surface area contributed by atoms with Crippen LogP contribution in [0.5, 0.6) is 5.75 Å². The van der Waals surface area contributed by atoms with E-state index in [1.54, 1.807) is 24.6 Å². The first-order valence-electron chi connectivity index (χ1n) is 11.7. The highest BCUT2D eigenvalue weighted by molar-refractivity contribution is 7.89. The van der Waals surface area contributed by atoms with Gasteiger partial charge in [0.1, 0.15) is 23.4 Å². The third kappa shape index (κ3) is 4.79. The summed E-state index contributed by atoms with van der Waals surface area (Å²) in [5.41, 5.74) is 1.10. The molecule has 1 saturated carbocycles. The number of hydrogen-bond acceptors (Lipinski definition) is 4. The van der Waals surface area contributed by atoms with Gasteiger partial charge in [-0.25, -0.2) is 4.39 Å². The first kappa shape index (κ1) is 23.9. The molecule has 3 aliphatic rings. The molecule has 5 rings (SSSR count). The second-order valence-corrected chi connectivity index (χ2v) is 11.4. The number of fused-ring (bicyclic) bond motifs is 1. The minimum atomic E-state index is -4.11. The van der Waals surface area contributed by atoms with Crippen molar-refractivity contribution in [1.82, 2.24) is 9.88 Å². The lowest BCUT2D eigenvalue weighted by Crippen LogP contribution is -2.44. The van der Waals surface area contributed by atoms with Gasteiger partial charge < -0.3 is 14.2 Å². The van der Waals surface area contributed by atoms with E-state index in [-0.39, 0.29) is 31.4 Å². The van der Waals surface area contributed by atoms with Crippen LogP contribution in [-0.2, 0) is 23.3 Å². The van der Waals surface area contributed by atoms with Crippen molar-refractivity contribution >= 4 is 11.2 Å². The summed E-state index contributed by atoms with van der Waals surface area (Å²) in [7, 11) is 0. The lowest BCUT2D eigenvalue weighted by atomic mass is 9.88. The van der Waals surface area contributed by atoms with Crippen molar-refractivity contribution in [3.8, 4) is 17.0 Å². The Morgan fingerprint density at radius 2 is 1.94 bits per heavy atom. The number of aromatic nitrogens is 1. The van der Waals surface area contributed by atoms with Gasteiger partial charge in [0.25, 0.3) is 0 Å². The Hall–Kier alpha value is -1.84. The van der Waals surface area contributed by atoms with Gasteiger partial charge in [-0.15, -0.1) is 0 Å². The van der Waals surface area contributed by atoms with Crippen LogP contribution in [0, 0.1) is 17.2 Å². The molecule has 2 unspecified atom stereocenters. The van der Waals surface area contributed by atoms with E-state index in [0.717, 1.165) is 18.4 Å². The predicted octanol–water partition coefficient (Wildman–Crippen LogP) is 5.12. The van der Waals surface area contributed by atoms with Crippen LogP contribution in [0.2, 0.25) is 0 Å². The van der Waals surface area contributed by atoms with Gasteiger partial charge in [-0.2, -0.15) is 13.2 Å². The number of benzene rings is 1. The highest BCUT2D eigenvalue weighted by atomic mass is 32.2. The van der Waals surface area contributed by atoms with Crippen molar-refractivity contribution in [2.45, 2.75) is 50.1 Å². The summed E-state index contributed by atoms with van der Waals surface area (Å²) in [6.45, 7) is 1.42. The smallest absolute Gasteiger partial charge is 0.395 e. The zero-order chi connectivity index (χ0) is 24.1. The Bertz CT molecular complexity index is 1050.